The molecule has 0 fully saturated rings. The Bertz CT molecular complexity index is 1800. The van der Waals surface area contributed by atoms with E-state index in [2.05, 4.69) is 21.3 Å². The summed E-state index contributed by atoms with van der Waals surface area (Å²) in [6.45, 7) is 17.2. The molecule has 0 aliphatic carbocycles. The zero-order chi connectivity index (χ0) is 45.1. The Balaban J connectivity index is 1.74. The molecule has 0 radical (unpaired) electrons. The molecule has 0 spiro atoms. The van der Waals surface area contributed by atoms with Crippen LogP contribution in [-0.2, 0) is 43.4 Å². The van der Waals surface area contributed by atoms with Crippen LogP contribution in [0.15, 0.2) is 91.0 Å². The van der Waals surface area contributed by atoms with Crippen molar-refractivity contribution in [3.05, 3.63) is 108 Å². The van der Waals surface area contributed by atoms with E-state index in [1.165, 1.54) is 0 Å². The molecule has 5 atom stereocenters. The van der Waals surface area contributed by atoms with Crippen LogP contribution in [0.1, 0.15) is 98.3 Å². The van der Waals surface area contributed by atoms with Crippen molar-refractivity contribution in [1.29, 1.82) is 0 Å². The van der Waals surface area contributed by atoms with E-state index in [9.17, 15) is 29.1 Å². The Morgan fingerprint density at radius 3 is 1.74 bits per heavy atom. The number of nitrogens with one attached hydrogen (secondary N) is 4. The second kappa shape index (κ2) is 24.7. The van der Waals surface area contributed by atoms with Crippen LogP contribution in [0.25, 0.3) is 0 Å². The van der Waals surface area contributed by atoms with Crippen molar-refractivity contribution in [3.63, 3.8) is 0 Å². The Kier molecular flexibility index (Phi) is 20.2. The summed E-state index contributed by atoms with van der Waals surface area (Å²) >= 11 is 0. The number of hydrogen-bond donors (Lipinski definition) is 5. The Hall–Kier alpha value is -5.43. The summed E-state index contributed by atoms with van der Waals surface area (Å²) < 4.78 is 11.2. The molecule has 0 aliphatic rings. The summed E-state index contributed by atoms with van der Waals surface area (Å²) in [4.78, 5) is 69.4. The third-order valence-electron chi connectivity index (χ3n) is 9.69. The number of carbonyl (C=O) groups is 5. The molecule has 3 aromatic rings. The number of aliphatic hydroxyl groups excluding tert-OH is 1. The Labute approximate surface area is 362 Å². The summed E-state index contributed by atoms with van der Waals surface area (Å²) in [6, 6.07) is 24.7. The molecule has 0 aliphatic heterocycles. The Morgan fingerprint density at radius 2 is 1.21 bits per heavy atom. The smallest absolute Gasteiger partial charge is 0.410 e. The molecule has 13 heteroatoms. The topological polar surface area (TPSA) is 175 Å². The number of benzene rings is 3. The predicted octanol–water partition coefficient (Wildman–Crippen LogP) is 6.92. The number of amides is 5. The Morgan fingerprint density at radius 1 is 0.672 bits per heavy atom. The molecule has 3 rings (SSSR count). The van der Waals surface area contributed by atoms with Gasteiger partial charge in [-0.05, 0) is 68.1 Å². The standard InChI is InChI=1S/C48H69N5O8/c1-32(2)25-38(30-53(29-36-21-15-11-16-22-36)47(59)60-31-37-23-17-12-18-24-37)49-42(55)28-41(54)39(26-33(3)4)50-45(57)43(34(5)6)52-44(56)40(27-35-19-13-10-14-20-35)51-46(58)61-48(7,8)9/h10-24,32-34,38-41,43,54H,25-31H2,1-9H3,(H,49,55)(H,50,57)(H,51,58)(H,52,56)/t38?,39?,40-,41?,43-/m0/s1. The number of rotatable bonds is 22. The van der Waals surface area contributed by atoms with Crippen molar-refractivity contribution in [1.82, 2.24) is 26.2 Å². The lowest BCUT2D eigenvalue weighted by Crippen LogP contribution is -2.58. The van der Waals surface area contributed by atoms with Gasteiger partial charge in [-0.15, -0.1) is 0 Å². The molecule has 0 saturated heterocycles. The van der Waals surface area contributed by atoms with Gasteiger partial charge >= 0.3 is 12.2 Å². The zero-order valence-electron chi connectivity index (χ0n) is 37.5. The quantitative estimate of drug-likeness (QED) is 0.0725. The second-order valence-electron chi connectivity index (χ2n) is 17.9. The lowest BCUT2D eigenvalue weighted by Gasteiger charge is -2.31. The summed E-state index contributed by atoms with van der Waals surface area (Å²) in [5, 5.41) is 23.0. The van der Waals surface area contributed by atoms with E-state index in [0.717, 1.165) is 16.7 Å². The molecule has 0 saturated carbocycles. The normalized spacial score (nSPS) is 14.0. The fourth-order valence-electron chi connectivity index (χ4n) is 6.84. The molecule has 3 unspecified atom stereocenters. The number of nitrogens with zero attached hydrogens (tertiary/aromatic N) is 1. The highest BCUT2D eigenvalue weighted by Gasteiger charge is 2.33. The number of ether oxygens (including phenoxy) is 2. The zero-order valence-corrected chi connectivity index (χ0v) is 37.5. The third kappa shape index (κ3) is 19.2. The monoisotopic (exact) mass is 844 g/mol. The van der Waals surface area contributed by atoms with Crippen LogP contribution in [0.5, 0.6) is 0 Å². The van der Waals surface area contributed by atoms with Gasteiger partial charge < -0.3 is 40.7 Å². The average Bonchev–Trinajstić information content (AvgIpc) is 3.18. The maximum absolute atomic E-state index is 14.0. The van der Waals surface area contributed by atoms with Gasteiger partial charge in [0.2, 0.25) is 17.7 Å². The summed E-state index contributed by atoms with van der Waals surface area (Å²) in [5.74, 6) is -1.73. The molecule has 5 amide bonds. The molecule has 0 heterocycles. The van der Waals surface area contributed by atoms with E-state index in [4.69, 9.17) is 9.47 Å². The van der Waals surface area contributed by atoms with Crippen molar-refractivity contribution in [3.8, 4) is 0 Å². The van der Waals surface area contributed by atoms with Crippen molar-refractivity contribution in [2.45, 2.75) is 137 Å². The first-order chi connectivity index (χ1) is 28.8. The highest BCUT2D eigenvalue weighted by Crippen LogP contribution is 2.17. The molecule has 13 nitrogen and oxygen atoms in total. The first kappa shape index (κ1) is 49.9. The predicted molar refractivity (Wildman–Crippen MR) is 237 cm³/mol. The molecule has 334 valence electrons. The second-order valence-corrected chi connectivity index (χ2v) is 17.9. The number of carbonyl (C=O) groups excluding carboxylic acids is 5. The van der Waals surface area contributed by atoms with Crippen LogP contribution in [0.2, 0.25) is 0 Å². The highest BCUT2D eigenvalue weighted by molar-refractivity contribution is 5.92. The van der Waals surface area contributed by atoms with Crippen molar-refractivity contribution >= 4 is 29.9 Å². The summed E-state index contributed by atoms with van der Waals surface area (Å²) in [6.07, 6.45) is -1.83. The number of alkyl carbamates (subject to hydrolysis) is 1. The highest BCUT2D eigenvalue weighted by atomic mass is 16.6. The van der Waals surface area contributed by atoms with Gasteiger partial charge in [0.15, 0.2) is 0 Å². The van der Waals surface area contributed by atoms with Crippen LogP contribution >= 0.6 is 0 Å². The van der Waals surface area contributed by atoms with Crippen molar-refractivity contribution < 1.29 is 38.6 Å². The van der Waals surface area contributed by atoms with Gasteiger partial charge in [-0.3, -0.25) is 14.4 Å². The van der Waals surface area contributed by atoms with Crippen LogP contribution in [0.4, 0.5) is 9.59 Å². The van der Waals surface area contributed by atoms with Crippen molar-refractivity contribution in [2.24, 2.45) is 17.8 Å². The van der Waals surface area contributed by atoms with Crippen LogP contribution in [0, 0.1) is 17.8 Å². The minimum atomic E-state index is -1.27. The maximum atomic E-state index is 14.0. The minimum absolute atomic E-state index is 0.0329. The minimum Gasteiger partial charge on any atom is -0.445 e. The van der Waals surface area contributed by atoms with Crippen LogP contribution in [-0.4, -0.2) is 82.3 Å². The molecular formula is C48H69N5O8. The first-order valence-corrected chi connectivity index (χ1v) is 21.4. The molecule has 3 aromatic carbocycles. The number of aliphatic hydroxyl groups is 1. The summed E-state index contributed by atoms with van der Waals surface area (Å²) in [5.41, 5.74) is 1.75. The molecule has 0 bridgehead atoms. The third-order valence-corrected chi connectivity index (χ3v) is 9.69. The average molecular weight is 844 g/mol. The van der Waals surface area contributed by atoms with E-state index in [0.29, 0.717) is 12.8 Å². The van der Waals surface area contributed by atoms with E-state index < -0.39 is 65.8 Å². The van der Waals surface area contributed by atoms with E-state index in [1.807, 2.05) is 119 Å². The maximum Gasteiger partial charge on any atom is 0.410 e. The molecule has 5 N–H and O–H groups in total. The van der Waals surface area contributed by atoms with Gasteiger partial charge in [0.25, 0.3) is 0 Å². The molecule has 61 heavy (non-hydrogen) atoms. The van der Waals surface area contributed by atoms with Crippen LogP contribution < -0.4 is 21.3 Å². The van der Waals surface area contributed by atoms with Gasteiger partial charge in [-0.2, -0.15) is 0 Å². The number of hydrogen-bond acceptors (Lipinski definition) is 8. The fraction of sp³-hybridized carbons (Fsp3) is 0.521. The largest absolute Gasteiger partial charge is 0.445 e. The van der Waals surface area contributed by atoms with Gasteiger partial charge in [0, 0.05) is 25.6 Å². The fourth-order valence-corrected chi connectivity index (χ4v) is 6.84. The van der Waals surface area contributed by atoms with Gasteiger partial charge in [-0.25, -0.2) is 9.59 Å². The van der Waals surface area contributed by atoms with E-state index >= 15 is 0 Å². The van der Waals surface area contributed by atoms with Crippen molar-refractivity contribution in [2.75, 3.05) is 6.54 Å². The van der Waals surface area contributed by atoms with Gasteiger partial charge in [0.05, 0.1) is 18.6 Å². The molecular weight excluding hydrogens is 775 g/mol. The SMILES string of the molecule is CC(C)CC(CN(Cc1ccccc1)C(=O)OCc1ccccc1)NC(=O)CC(O)C(CC(C)C)NC(=O)[C@@H](NC(=O)[C@H](Cc1ccccc1)NC(=O)OC(C)(C)C)C(C)C. The molecule has 0 aromatic heterocycles. The van der Waals surface area contributed by atoms with Gasteiger partial charge in [0.1, 0.15) is 24.3 Å². The van der Waals surface area contributed by atoms with E-state index in [-0.39, 0.29) is 50.3 Å². The lowest BCUT2D eigenvalue weighted by molar-refractivity contribution is -0.132. The summed E-state index contributed by atoms with van der Waals surface area (Å²) in [7, 11) is 0. The van der Waals surface area contributed by atoms with Gasteiger partial charge in [-0.1, -0.05) is 133 Å². The van der Waals surface area contributed by atoms with E-state index in [1.54, 1.807) is 39.5 Å². The lowest BCUT2D eigenvalue weighted by atomic mass is 9.95. The van der Waals surface area contributed by atoms with Crippen LogP contribution in [0.3, 0.4) is 0 Å². The first-order valence-electron chi connectivity index (χ1n) is 21.4.